The number of primary sulfonamides is 1. The first-order valence-corrected chi connectivity index (χ1v) is 10.1. The van der Waals surface area contributed by atoms with Crippen LogP contribution in [-0.4, -0.2) is 54.5 Å². The summed E-state index contributed by atoms with van der Waals surface area (Å²) in [7, 11) is -3.49. The van der Waals surface area contributed by atoms with Crippen LogP contribution in [0.5, 0.6) is 0 Å². The minimum Gasteiger partial charge on any atom is -0.338 e. The fourth-order valence-corrected chi connectivity index (χ4v) is 4.15. The highest BCUT2D eigenvalue weighted by molar-refractivity contribution is 7.89. The van der Waals surface area contributed by atoms with Crippen molar-refractivity contribution in [3.8, 4) is 0 Å². The van der Waals surface area contributed by atoms with Gasteiger partial charge in [-0.05, 0) is 24.8 Å². The largest absolute Gasteiger partial charge is 0.338 e. The second-order valence-electron chi connectivity index (χ2n) is 6.44. The number of carbonyl (C=O) groups excluding carboxylic acids is 1. The van der Waals surface area contributed by atoms with E-state index in [9.17, 15) is 13.2 Å². The van der Waals surface area contributed by atoms with Crippen LogP contribution in [0.3, 0.4) is 0 Å². The summed E-state index contributed by atoms with van der Waals surface area (Å²) in [5, 5.41) is 13.4. The van der Waals surface area contributed by atoms with Gasteiger partial charge in [0.25, 0.3) is 0 Å². The zero-order valence-corrected chi connectivity index (χ0v) is 14.8. The smallest absolute Gasteiger partial charge is 0.317 e. The van der Waals surface area contributed by atoms with Gasteiger partial charge in [0.2, 0.25) is 10.0 Å². The number of nitrogens with zero attached hydrogens (tertiary/aromatic N) is 3. The number of fused-ring (bicyclic) bond motifs is 1. The molecule has 2 heterocycles. The maximum atomic E-state index is 12.1. The fraction of sp³-hybridized carbons (Fsp3) is 0.500. The van der Waals surface area contributed by atoms with Crippen LogP contribution in [0.25, 0.3) is 10.9 Å². The molecule has 8 nitrogen and oxygen atoms in total. The quantitative estimate of drug-likeness (QED) is 0.736. The predicted octanol–water partition coefficient (Wildman–Crippen LogP) is 0.746. The van der Waals surface area contributed by atoms with Crippen molar-refractivity contribution in [2.24, 2.45) is 11.1 Å². The van der Waals surface area contributed by atoms with Crippen LogP contribution in [0.15, 0.2) is 30.5 Å². The molecule has 1 aliphatic rings. The normalized spacial score (nSPS) is 18.0. The molecule has 0 saturated carbocycles. The SMILES string of the molecule is NS(=O)(=O)CC1CCN(C(=O)NCCCn2ncc3ccccc32)C1. The Morgan fingerprint density at radius 2 is 2.16 bits per heavy atom. The van der Waals surface area contributed by atoms with Gasteiger partial charge in [-0.1, -0.05) is 18.2 Å². The summed E-state index contributed by atoms with van der Waals surface area (Å²) in [6.45, 7) is 2.27. The van der Waals surface area contributed by atoms with Crippen molar-refractivity contribution in [3.05, 3.63) is 30.5 Å². The number of sulfonamides is 1. The molecule has 1 aliphatic heterocycles. The molecule has 1 fully saturated rings. The Morgan fingerprint density at radius 3 is 2.96 bits per heavy atom. The summed E-state index contributed by atoms with van der Waals surface area (Å²) in [4.78, 5) is 13.8. The molecular weight excluding hydrogens is 342 g/mol. The Morgan fingerprint density at radius 1 is 1.36 bits per heavy atom. The van der Waals surface area contributed by atoms with Gasteiger partial charge in [0.15, 0.2) is 0 Å². The van der Waals surface area contributed by atoms with E-state index < -0.39 is 10.0 Å². The number of aryl methyl sites for hydroxylation is 1. The first-order valence-electron chi connectivity index (χ1n) is 8.36. The Balaban J connectivity index is 1.41. The Labute approximate surface area is 147 Å². The van der Waals surface area contributed by atoms with Gasteiger partial charge in [-0.2, -0.15) is 5.10 Å². The number of rotatable bonds is 6. The Kier molecular flexibility index (Phi) is 5.24. The van der Waals surface area contributed by atoms with Crippen molar-refractivity contribution >= 4 is 27.0 Å². The van der Waals surface area contributed by atoms with E-state index in [0.29, 0.717) is 26.1 Å². The van der Waals surface area contributed by atoms with E-state index in [0.717, 1.165) is 23.9 Å². The van der Waals surface area contributed by atoms with Crippen LogP contribution >= 0.6 is 0 Å². The van der Waals surface area contributed by atoms with E-state index in [1.165, 1.54) is 0 Å². The first-order chi connectivity index (χ1) is 11.9. The minimum atomic E-state index is -3.49. The summed E-state index contributed by atoms with van der Waals surface area (Å²) < 4.78 is 24.2. The lowest BCUT2D eigenvalue weighted by Gasteiger charge is -2.17. The molecule has 2 aromatic rings. The standard InChI is InChI=1S/C16H23N5O3S/c17-25(23,24)12-13-6-9-20(11-13)16(22)18-7-3-8-21-15-5-2-1-4-14(15)10-19-21/h1-2,4-5,10,13H,3,6-9,11-12H2,(H,18,22)(H2,17,23,24). The summed E-state index contributed by atoms with van der Waals surface area (Å²) in [5.74, 6) is -0.139. The third kappa shape index (κ3) is 4.70. The number of hydrogen-bond donors (Lipinski definition) is 2. The first kappa shape index (κ1) is 17.7. The summed E-state index contributed by atoms with van der Waals surface area (Å²) in [6, 6.07) is 7.85. The average Bonchev–Trinajstić information content (AvgIpc) is 3.17. The van der Waals surface area contributed by atoms with Gasteiger partial charge in [0.05, 0.1) is 17.5 Å². The summed E-state index contributed by atoms with van der Waals surface area (Å²) >= 11 is 0. The van der Waals surface area contributed by atoms with E-state index in [1.807, 2.05) is 35.1 Å². The third-order valence-corrected chi connectivity index (χ3v) is 5.35. The van der Waals surface area contributed by atoms with Crippen molar-refractivity contribution < 1.29 is 13.2 Å². The molecule has 9 heteroatoms. The number of amides is 2. The highest BCUT2D eigenvalue weighted by Gasteiger charge is 2.28. The molecule has 1 atom stereocenters. The number of aromatic nitrogens is 2. The van der Waals surface area contributed by atoms with Crippen molar-refractivity contribution in [3.63, 3.8) is 0 Å². The molecule has 1 aromatic heterocycles. The topological polar surface area (TPSA) is 110 Å². The maximum absolute atomic E-state index is 12.1. The molecule has 0 aliphatic carbocycles. The molecule has 0 radical (unpaired) electrons. The number of benzene rings is 1. The van der Waals surface area contributed by atoms with Crippen LogP contribution in [0.2, 0.25) is 0 Å². The number of carbonyl (C=O) groups is 1. The fourth-order valence-electron chi connectivity index (χ4n) is 3.22. The number of nitrogens with two attached hydrogens (primary N) is 1. The lowest BCUT2D eigenvalue weighted by atomic mass is 10.2. The Hall–Kier alpha value is -2.13. The number of para-hydroxylation sites is 1. The number of nitrogens with one attached hydrogen (secondary N) is 1. The van der Waals surface area contributed by atoms with Crippen molar-refractivity contribution in [1.29, 1.82) is 0 Å². The number of hydrogen-bond acceptors (Lipinski definition) is 4. The molecule has 3 rings (SSSR count). The third-order valence-electron chi connectivity index (χ3n) is 4.42. The van der Waals surface area contributed by atoms with Crippen LogP contribution in [0, 0.1) is 5.92 Å². The molecular formula is C16H23N5O3S. The van der Waals surface area contributed by atoms with Crippen LogP contribution in [0.4, 0.5) is 4.79 Å². The van der Waals surface area contributed by atoms with E-state index in [4.69, 9.17) is 5.14 Å². The van der Waals surface area contributed by atoms with Crippen LogP contribution in [-0.2, 0) is 16.6 Å². The molecule has 0 spiro atoms. The van der Waals surface area contributed by atoms with Gasteiger partial charge in [-0.25, -0.2) is 18.4 Å². The summed E-state index contributed by atoms with van der Waals surface area (Å²) in [6.07, 6.45) is 3.28. The highest BCUT2D eigenvalue weighted by Crippen LogP contribution is 2.17. The zero-order chi connectivity index (χ0) is 17.9. The number of likely N-dealkylation sites (tertiary alicyclic amines) is 1. The molecule has 1 unspecified atom stereocenters. The van der Waals surface area contributed by atoms with Crippen molar-refractivity contribution in [2.45, 2.75) is 19.4 Å². The molecule has 3 N–H and O–H groups in total. The van der Waals surface area contributed by atoms with Gasteiger partial charge in [-0.15, -0.1) is 0 Å². The lowest BCUT2D eigenvalue weighted by Crippen LogP contribution is -2.39. The van der Waals surface area contributed by atoms with Gasteiger partial charge < -0.3 is 10.2 Å². The van der Waals surface area contributed by atoms with Crippen LogP contribution < -0.4 is 10.5 Å². The molecule has 1 aromatic carbocycles. The van der Waals surface area contributed by atoms with E-state index in [2.05, 4.69) is 10.4 Å². The lowest BCUT2D eigenvalue weighted by molar-refractivity contribution is 0.207. The van der Waals surface area contributed by atoms with Crippen molar-refractivity contribution in [2.75, 3.05) is 25.4 Å². The second kappa shape index (κ2) is 7.40. The van der Waals surface area contributed by atoms with Crippen molar-refractivity contribution in [1.82, 2.24) is 20.0 Å². The molecule has 25 heavy (non-hydrogen) atoms. The highest BCUT2D eigenvalue weighted by atomic mass is 32.2. The van der Waals surface area contributed by atoms with Gasteiger partial charge in [0, 0.05) is 31.6 Å². The van der Waals surface area contributed by atoms with Gasteiger partial charge in [0.1, 0.15) is 0 Å². The molecule has 2 amide bonds. The molecule has 136 valence electrons. The monoisotopic (exact) mass is 365 g/mol. The summed E-state index contributed by atoms with van der Waals surface area (Å²) in [5.41, 5.74) is 1.08. The van der Waals surface area contributed by atoms with Gasteiger partial charge in [-0.3, -0.25) is 4.68 Å². The minimum absolute atomic E-state index is 0.0663. The zero-order valence-electron chi connectivity index (χ0n) is 14.0. The van der Waals surface area contributed by atoms with Crippen LogP contribution in [0.1, 0.15) is 12.8 Å². The second-order valence-corrected chi connectivity index (χ2v) is 8.10. The van der Waals surface area contributed by atoms with E-state index in [1.54, 1.807) is 4.90 Å². The maximum Gasteiger partial charge on any atom is 0.317 e. The molecule has 0 bridgehead atoms. The van der Waals surface area contributed by atoms with E-state index in [-0.39, 0.29) is 17.7 Å². The van der Waals surface area contributed by atoms with Gasteiger partial charge >= 0.3 is 6.03 Å². The Bertz CT molecular complexity index is 848. The molecule has 1 saturated heterocycles. The predicted molar refractivity (Wildman–Crippen MR) is 95.4 cm³/mol. The van der Waals surface area contributed by atoms with E-state index >= 15 is 0 Å². The number of urea groups is 1. The average molecular weight is 365 g/mol.